The summed E-state index contributed by atoms with van der Waals surface area (Å²) in [5.41, 5.74) is 2.15. The molecule has 0 saturated carbocycles. The summed E-state index contributed by atoms with van der Waals surface area (Å²) in [5, 5.41) is 20.6. The second kappa shape index (κ2) is 6.86. The van der Waals surface area contributed by atoms with Gasteiger partial charge in [-0.25, -0.2) is 0 Å². The molecule has 5 nitrogen and oxygen atoms in total. The summed E-state index contributed by atoms with van der Waals surface area (Å²) in [7, 11) is 1.95. The van der Waals surface area contributed by atoms with E-state index < -0.39 is 0 Å². The molecule has 7 heteroatoms. The van der Waals surface area contributed by atoms with Crippen LogP contribution in [0.15, 0.2) is 4.47 Å². The van der Waals surface area contributed by atoms with Crippen molar-refractivity contribution in [1.29, 1.82) is 0 Å². The van der Waals surface area contributed by atoms with Crippen LogP contribution in [0.3, 0.4) is 0 Å². The fourth-order valence-corrected chi connectivity index (χ4v) is 2.65. The fourth-order valence-electron chi connectivity index (χ4n) is 2.18. The normalized spacial score (nSPS) is 23.1. The van der Waals surface area contributed by atoms with Gasteiger partial charge in [-0.05, 0) is 22.9 Å². The molecule has 3 N–H and O–H groups in total. The lowest BCUT2D eigenvalue weighted by atomic mass is 10.1. The zero-order valence-electron chi connectivity index (χ0n) is 10.6. The van der Waals surface area contributed by atoms with E-state index in [-0.39, 0.29) is 18.5 Å². The number of aromatic nitrogens is 2. The predicted octanol–water partition coefficient (Wildman–Crippen LogP) is 0.583. The average molecular weight is 340 g/mol. The molecule has 0 aliphatic carbocycles. The smallest absolute Gasteiger partial charge is 0.0739 e. The van der Waals surface area contributed by atoms with Gasteiger partial charge in [0.15, 0.2) is 0 Å². The summed E-state index contributed by atoms with van der Waals surface area (Å²) in [5.74, 6) is 0.308. The second-order valence-electron chi connectivity index (χ2n) is 4.59. The van der Waals surface area contributed by atoms with E-state index in [2.05, 4.69) is 31.7 Å². The minimum atomic E-state index is -0.223. The predicted molar refractivity (Wildman–Crippen MR) is 77.0 cm³/mol. The molecule has 0 radical (unpaired) electrons. The summed E-state index contributed by atoms with van der Waals surface area (Å²) >= 11 is 3.54. The highest BCUT2D eigenvalue weighted by Gasteiger charge is 2.24. The quantitative estimate of drug-likeness (QED) is 0.751. The van der Waals surface area contributed by atoms with E-state index in [4.69, 9.17) is 0 Å². The van der Waals surface area contributed by atoms with Gasteiger partial charge in [0.25, 0.3) is 0 Å². The SMILES string of the molecule is Cc1nn(C)c(CNCC2CNCC2O)c1Br.Cl. The first kappa shape index (κ1) is 15.9. The maximum absolute atomic E-state index is 9.67. The van der Waals surface area contributed by atoms with Gasteiger partial charge in [-0.1, -0.05) is 0 Å². The van der Waals surface area contributed by atoms with Crippen molar-refractivity contribution in [1.82, 2.24) is 20.4 Å². The third-order valence-electron chi connectivity index (χ3n) is 3.26. The summed E-state index contributed by atoms with van der Waals surface area (Å²) in [6, 6.07) is 0. The van der Waals surface area contributed by atoms with Gasteiger partial charge in [0.05, 0.1) is 22.0 Å². The van der Waals surface area contributed by atoms with E-state index in [1.54, 1.807) is 0 Å². The molecular formula is C11H20BrClN4O. The van der Waals surface area contributed by atoms with Gasteiger partial charge in [-0.3, -0.25) is 4.68 Å². The molecule has 104 valence electrons. The third-order valence-corrected chi connectivity index (χ3v) is 4.30. The van der Waals surface area contributed by atoms with Crippen LogP contribution in [0.25, 0.3) is 0 Å². The molecule has 2 heterocycles. The van der Waals surface area contributed by atoms with Crippen LogP contribution < -0.4 is 10.6 Å². The van der Waals surface area contributed by atoms with Crippen LogP contribution in [0.4, 0.5) is 0 Å². The number of rotatable bonds is 4. The van der Waals surface area contributed by atoms with E-state index in [9.17, 15) is 5.11 Å². The summed E-state index contributed by atoms with van der Waals surface area (Å²) in [6.45, 7) is 5.17. The van der Waals surface area contributed by atoms with Crippen LogP contribution in [0.2, 0.25) is 0 Å². The lowest BCUT2D eigenvalue weighted by molar-refractivity contribution is 0.146. The Balaban J connectivity index is 0.00000162. The standard InChI is InChI=1S/C11H19BrN4O.ClH/c1-7-11(12)9(16(2)15-7)5-13-3-8-4-14-6-10(8)17;/h8,10,13-14,17H,3-6H2,1-2H3;1H. The molecule has 1 aromatic heterocycles. The lowest BCUT2D eigenvalue weighted by Crippen LogP contribution is -2.30. The molecule has 0 spiro atoms. The van der Waals surface area contributed by atoms with Crippen LogP contribution in [-0.4, -0.2) is 40.6 Å². The number of halogens is 2. The Morgan fingerprint density at radius 3 is 2.78 bits per heavy atom. The van der Waals surface area contributed by atoms with Gasteiger partial charge < -0.3 is 15.7 Å². The number of β-amino-alcohol motifs (C(OH)–C–C–N with tert-alkyl or cyclic N) is 1. The van der Waals surface area contributed by atoms with Crippen LogP contribution in [-0.2, 0) is 13.6 Å². The number of hydrogen-bond donors (Lipinski definition) is 3. The Morgan fingerprint density at radius 1 is 1.56 bits per heavy atom. The molecule has 1 aromatic rings. The minimum Gasteiger partial charge on any atom is -0.391 e. The molecule has 1 aliphatic rings. The summed E-state index contributed by atoms with van der Waals surface area (Å²) in [4.78, 5) is 0. The molecule has 2 unspecified atom stereocenters. The van der Waals surface area contributed by atoms with Crippen molar-refractivity contribution >= 4 is 28.3 Å². The maximum atomic E-state index is 9.67. The molecular weight excluding hydrogens is 320 g/mol. The zero-order chi connectivity index (χ0) is 12.4. The average Bonchev–Trinajstić information content (AvgIpc) is 2.78. The monoisotopic (exact) mass is 338 g/mol. The first-order valence-electron chi connectivity index (χ1n) is 5.87. The van der Waals surface area contributed by atoms with Crippen LogP contribution >= 0.6 is 28.3 Å². The molecule has 0 amide bonds. The van der Waals surface area contributed by atoms with Crippen molar-refractivity contribution in [2.75, 3.05) is 19.6 Å². The van der Waals surface area contributed by atoms with Crippen molar-refractivity contribution < 1.29 is 5.11 Å². The van der Waals surface area contributed by atoms with Gasteiger partial charge >= 0.3 is 0 Å². The minimum absolute atomic E-state index is 0. The van der Waals surface area contributed by atoms with Crippen molar-refractivity contribution in [3.05, 3.63) is 15.9 Å². The van der Waals surface area contributed by atoms with Gasteiger partial charge in [0, 0.05) is 39.1 Å². The number of nitrogens with zero attached hydrogens (tertiary/aromatic N) is 2. The Labute approximate surface area is 122 Å². The van der Waals surface area contributed by atoms with Crippen molar-refractivity contribution in [3.63, 3.8) is 0 Å². The Morgan fingerprint density at radius 2 is 2.28 bits per heavy atom. The largest absolute Gasteiger partial charge is 0.391 e. The fraction of sp³-hybridized carbons (Fsp3) is 0.727. The van der Waals surface area contributed by atoms with E-state index in [1.807, 2.05) is 18.7 Å². The molecule has 1 fully saturated rings. The maximum Gasteiger partial charge on any atom is 0.0739 e. The number of hydrogen-bond acceptors (Lipinski definition) is 4. The van der Waals surface area contributed by atoms with Crippen LogP contribution in [0, 0.1) is 12.8 Å². The van der Waals surface area contributed by atoms with E-state index in [0.29, 0.717) is 12.5 Å². The van der Waals surface area contributed by atoms with E-state index in [1.165, 1.54) is 0 Å². The molecule has 1 saturated heterocycles. The highest BCUT2D eigenvalue weighted by Crippen LogP contribution is 2.20. The van der Waals surface area contributed by atoms with Crippen LogP contribution in [0.1, 0.15) is 11.4 Å². The number of aliphatic hydroxyl groups is 1. The van der Waals surface area contributed by atoms with Crippen molar-refractivity contribution in [2.24, 2.45) is 13.0 Å². The third kappa shape index (κ3) is 3.45. The lowest BCUT2D eigenvalue weighted by Gasteiger charge is -2.14. The number of aliphatic hydroxyl groups excluding tert-OH is 1. The first-order valence-corrected chi connectivity index (χ1v) is 6.66. The van der Waals surface area contributed by atoms with Gasteiger partial charge in [0.1, 0.15) is 0 Å². The molecule has 0 aromatic carbocycles. The number of aryl methyl sites for hydroxylation is 2. The summed E-state index contributed by atoms with van der Waals surface area (Å²) in [6.07, 6.45) is -0.223. The molecule has 18 heavy (non-hydrogen) atoms. The van der Waals surface area contributed by atoms with Crippen LogP contribution in [0.5, 0.6) is 0 Å². The highest BCUT2D eigenvalue weighted by atomic mass is 79.9. The number of nitrogens with one attached hydrogen (secondary N) is 2. The van der Waals surface area contributed by atoms with Crippen molar-refractivity contribution in [3.8, 4) is 0 Å². The topological polar surface area (TPSA) is 62.1 Å². The summed E-state index contributed by atoms with van der Waals surface area (Å²) < 4.78 is 2.95. The van der Waals surface area contributed by atoms with E-state index >= 15 is 0 Å². The Bertz CT molecular complexity index is 399. The molecule has 2 rings (SSSR count). The van der Waals surface area contributed by atoms with Gasteiger partial charge in [0.2, 0.25) is 0 Å². The second-order valence-corrected chi connectivity index (χ2v) is 5.38. The Hall–Kier alpha value is -0.140. The van der Waals surface area contributed by atoms with Gasteiger partial charge in [-0.15, -0.1) is 12.4 Å². The molecule has 2 atom stereocenters. The molecule has 1 aliphatic heterocycles. The Kier molecular flexibility index (Phi) is 6.07. The van der Waals surface area contributed by atoms with Gasteiger partial charge in [-0.2, -0.15) is 5.10 Å². The van der Waals surface area contributed by atoms with Crippen molar-refractivity contribution in [2.45, 2.75) is 19.6 Å². The first-order chi connectivity index (χ1) is 8.09. The highest BCUT2D eigenvalue weighted by molar-refractivity contribution is 9.10. The molecule has 0 bridgehead atoms. The zero-order valence-corrected chi connectivity index (χ0v) is 13.0. The van der Waals surface area contributed by atoms with E-state index in [0.717, 1.165) is 35.5 Å².